The van der Waals surface area contributed by atoms with Crippen LogP contribution in [0.5, 0.6) is 0 Å². The molecule has 0 atom stereocenters. The van der Waals surface area contributed by atoms with Gasteiger partial charge in [-0.3, -0.25) is 0 Å². The van der Waals surface area contributed by atoms with Gasteiger partial charge in [0.05, 0.1) is 6.61 Å². The van der Waals surface area contributed by atoms with E-state index in [1.54, 1.807) is 0 Å². The van der Waals surface area contributed by atoms with Gasteiger partial charge in [-0.25, -0.2) is 0 Å². The molecule has 1 saturated carbocycles. The second-order valence-corrected chi connectivity index (χ2v) is 5.94. The standard InChI is InChI=1S/C14H21NOS/c16-10-9-15-11-12-5-7-14(8-6-12)17-13-3-1-2-4-13/h5-8,13,15-16H,1-4,9-11H2. The maximum atomic E-state index is 8.68. The van der Waals surface area contributed by atoms with E-state index in [1.165, 1.54) is 36.1 Å². The average Bonchev–Trinajstić information content (AvgIpc) is 2.85. The van der Waals surface area contributed by atoms with Crippen LogP contribution in [0.1, 0.15) is 31.2 Å². The van der Waals surface area contributed by atoms with E-state index in [2.05, 4.69) is 29.6 Å². The summed E-state index contributed by atoms with van der Waals surface area (Å²) >= 11 is 2.03. The lowest BCUT2D eigenvalue weighted by Gasteiger charge is -2.09. The van der Waals surface area contributed by atoms with Crippen LogP contribution in [0.25, 0.3) is 0 Å². The maximum absolute atomic E-state index is 8.68. The normalized spacial score (nSPS) is 16.5. The molecule has 0 radical (unpaired) electrons. The zero-order valence-electron chi connectivity index (χ0n) is 10.2. The van der Waals surface area contributed by atoms with E-state index in [0.29, 0.717) is 6.54 Å². The Hall–Kier alpha value is -0.510. The monoisotopic (exact) mass is 251 g/mol. The molecule has 94 valence electrons. The van der Waals surface area contributed by atoms with Crippen LogP contribution in [0.15, 0.2) is 29.2 Å². The molecule has 2 nitrogen and oxygen atoms in total. The molecule has 1 aliphatic rings. The molecule has 1 fully saturated rings. The Morgan fingerprint density at radius 1 is 1.18 bits per heavy atom. The zero-order chi connectivity index (χ0) is 11.9. The van der Waals surface area contributed by atoms with Crippen molar-refractivity contribution in [3.63, 3.8) is 0 Å². The molecule has 0 heterocycles. The second kappa shape index (κ2) is 7.04. The van der Waals surface area contributed by atoms with E-state index in [1.807, 2.05) is 11.8 Å². The number of aliphatic hydroxyl groups excluding tert-OH is 1. The van der Waals surface area contributed by atoms with Crippen molar-refractivity contribution in [2.75, 3.05) is 13.2 Å². The molecule has 1 aromatic carbocycles. The van der Waals surface area contributed by atoms with Gasteiger partial charge in [0.2, 0.25) is 0 Å². The van der Waals surface area contributed by atoms with Gasteiger partial charge in [-0.15, -0.1) is 11.8 Å². The van der Waals surface area contributed by atoms with Crippen LogP contribution in [0.4, 0.5) is 0 Å². The largest absolute Gasteiger partial charge is 0.395 e. The summed E-state index contributed by atoms with van der Waals surface area (Å²) in [7, 11) is 0. The third kappa shape index (κ3) is 4.34. The molecule has 0 bridgehead atoms. The molecule has 2 N–H and O–H groups in total. The highest BCUT2D eigenvalue weighted by atomic mass is 32.2. The Morgan fingerprint density at radius 2 is 1.88 bits per heavy atom. The van der Waals surface area contributed by atoms with Gasteiger partial charge in [0.15, 0.2) is 0 Å². The average molecular weight is 251 g/mol. The molecule has 1 aromatic rings. The molecule has 1 aliphatic carbocycles. The van der Waals surface area contributed by atoms with Gasteiger partial charge >= 0.3 is 0 Å². The van der Waals surface area contributed by atoms with E-state index in [0.717, 1.165) is 11.8 Å². The minimum atomic E-state index is 0.204. The Balaban J connectivity index is 1.80. The molecule has 0 unspecified atom stereocenters. The van der Waals surface area contributed by atoms with E-state index in [-0.39, 0.29) is 6.61 Å². The summed E-state index contributed by atoms with van der Waals surface area (Å²) in [5.74, 6) is 0. The first-order chi connectivity index (χ1) is 8.38. The summed E-state index contributed by atoms with van der Waals surface area (Å²) in [6.07, 6.45) is 5.57. The molecule has 0 saturated heterocycles. The highest BCUT2D eigenvalue weighted by Gasteiger charge is 2.15. The molecular weight excluding hydrogens is 230 g/mol. The van der Waals surface area contributed by atoms with Crippen LogP contribution in [0.3, 0.4) is 0 Å². The predicted molar refractivity (Wildman–Crippen MR) is 73.3 cm³/mol. The third-order valence-electron chi connectivity index (χ3n) is 3.15. The Bertz CT molecular complexity index is 319. The van der Waals surface area contributed by atoms with Crippen molar-refractivity contribution < 1.29 is 5.11 Å². The minimum Gasteiger partial charge on any atom is -0.395 e. The summed E-state index contributed by atoms with van der Waals surface area (Å²) in [5.41, 5.74) is 1.29. The van der Waals surface area contributed by atoms with E-state index in [9.17, 15) is 0 Å². The number of hydrogen-bond acceptors (Lipinski definition) is 3. The zero-order valence-corrected chi connectivity index (χ0v) is 11.0. The molecule has 0 spiro atoms. The number of rotatable bonds is 6. The number of thioether (sulfide) groups is 1. The van der Waals surface area contributed by atoms with Gasteiger partial charge in [0.1, 0.15) is 0 Å². The van der Waals surface area contributed by atoms with Gasteiger partial charge in [-0.2, -0.15) is 0 Å². The van der Waals surface area contributed by atoms with Crippen molar-refractivity contribution in [3.8, 4) is 0 Å². The lowest BCUT2D eigenvalue weighted by Crippen LogP contribution is -2.17. The first-order valence-electron chi connectivity index (χ1n) is 6.45. The van der Waals surface area contributed by atoms with Crippen molar-refractivity contribution in [1.82, 2.24) is 5.32 Å². The van der Waals surface area contributed by atoms with Crippen molar-refractivity contribution in [2.24, 2.45) is 0 Å². The number of hydrogen-bond donors (Lipinski definition) is 2. The van der Waals surface area contributed by atoms with Gasteiger partial charge in [0.25, 0.3) is 0 Å². The van der Waals surface area contributed by atoms with Crippen LogP contribution in [-0.4, -0.2) is 23.5 Å². The van der Waals surface area contributed by atoms with Crippen molar-refractivity contribution >= 4 is 11.8 Å². The minimum absolute atomic E-state index is 0.204. The Kier molecular flexibility index (Phi) is 5.36. The predicted octanol–water partition coefficient (Wildman–Crippen LogP) is 2.80. The first-order valence-corrected chi connectivity index (χ1v) is 7.33. The Morgan fingerprint density at radius 3 is 2.53 bits per heavy atom. The molecule has 0 aromatic heterocycles. The summed E-state index contributed by atoms with van der Waals surface area (Å²) in [4.78, 5) is 1.39. The lowest BCUT2D eigenvalue weighted by atomic mass is 10.2. The van der Waals surface area contributed by atoms with Crippen molar-refractivity contribution in [3.05, 3.63) is 29.8 Å². The number of nitrogens with one attached hydrogen (secondary N) is 1. The quantitative estimate of drug-likeness (QED) is 0.763. The number of benzene rings is 1. The Labute approximate surface area is 108 Å². The van der Waals surface area contributed by atoms with E-state index in [4.69, 9.17) is 5.11 Å². The SMILES string of the molecule is OCCNCc1ccc(SC2CCCC2)cc1. The van der Waals surface area contributed by atoms with Crippen molar-refractivity contribution in [1.29, 1.82) is 0 Å². The fourth-order valence-electron chi connectivity index (χ4n) is 2.20. The third-order valence-corrected chi connectivity index (χ3v) is 4.50. The van der Waals surface area contributed by atoms with Gasteiger partial charge in [-0.05, 0) is 30.5 Å². The van der Waals surface area contributed by atoms with Gasteiger partial charge in [0, 0.05) is 23.2 Å². The molecule has 0 amide bonds. The highest BCUT2D eigenvalue weighted by molar-refractivity contribution is 8.00. The van der Waals surface area contributed by atoms with E-state index >= 15 is 0 Å². The lowest BCUT2D eigenvalue weighted by molar-refractivity contribution is 0.292. The van der Waals surface area contributed by atoms with Crippen LogP contribution in [0.2, 0.25) is 0 Å². The molecule has 17 heavy (non-hydrogen) atoms. The molecule has 0 aliphatic heterocycles. The summed E-state index contributed by atoms with van der Waals surface area (Å²) in [6.45, 7) is 1.71. The topological polar surface area (TPSA) is 32.3 Å². The van der Waals surface area contributed by atoms with Crippen molar-refractivity contribution in [2.45, 2.75) is 42.4 Å². The van der Waals surface area contributed by atoms with Crippen LogP contribution in [-0.2, 0) is 6.54 Å². The van der Waals surface area contributed by atoms with Crippen LogP contribution >= 0.6 is 11.8 Å². The van der Waals surface area contributed by atoms with Gasteiger partial charge in [-0.1, -0.05) is 25.0 Å². The maximum Gasteiger partial charge on any atom is 0.0556 e. The molecular formula is C14H21NOS. The summed E-state index contributed by atoms with van der Waals surface area (Å²) in [6, 6.07) is 8.81. The van der Waals surface area contributed by atoms with Crippen LogP contribution < -0.4 is 5.32 Å². The smallest absolute Gasteiger partial charge is 0.0556 e. The highest BCUT2D eigenvalue weighted by Crippen LogP contribution is 2.34. The summed E-state index contributed by atoms with van der Waals surface area (Å²) in [5, 5.41) is 12.7. The first kappa shape index (κ1) is 12.9. The fraction of sp³-hybridized carbons (Fsp3) is 0.571. The summed E-state index contributed by atoms with van der Waals surface area (Å²) < 4.78 is 0. The fourth-order valence-corrected chi connectivity index (χ4v) is 3.44. The second-order valence-electron chi connectivity index (χ2n) is 4.57. The van der Waals surface area contributed by atoms with Crippen LogP contribution in [0, 0.1) is 0 Å². The molecule has 3 heteroatoms. The van der Waals surface area contributed by atoms with E-state index < -0.39 is 0 Å². The molecule has 2 rings (SSSR count). The number of aliphatic hydroxyl groups is 1. The van der Waals surface area contributed by atoms with Gasteiger partial charge < -0.3 is 10.4 Å².